The van der Waals surface area contributed by atoms with Crippen LogP contribution >= 0.6 is 0 Å². The molecule has 1 rings (SSSR count). The zero-order chi connectivity index (χ0) is 20.6. The van der Waals surface area contributed by atoms with Crippen molar-refractivity contribution in [1.29, 1.82) is 0 Å². The van der Waals surface area contributed by atoms with Crippen molar-refractivity contribution < 1.29 is 10.2 Å². The van der Waals surface area contributed by atoms with Crippen LogP contribution in [0.2, 0.25) is 0 Å². The molecule has 1 heterocycles. The first-order chi connectivity index (χ1) is 12.6. The molecule has 3 heteroatoms. The predicted octanol–water partition coefficient (Wildman–Crippen LogP) is 5.75. The van der Waals surface area contributed by atoms with E-state index in [2.05, 4.69) is 43.1 Å². The third-order valence-electron chi connectivity index (χ3n) is 4.88. The summed E-state index contributed by atoms with van der Waals surface area (Å²) in [6.45, 7) is 13.9. The van der Waals surface area contributed by atoms with E-state index in [4.69, 9.17) is 0 Å². The predicted molar refractivity (Wildman–Crippen MR) is 115 cm³/mol. The molecule has 0 amide bonds. The third kappa shape index (κ3) is 7.56. The van der Waals surface area contributed by atoms with Crippen LogP contribution in [0.5, 0.6) is 5.75 Å². The van der Waals surface area contributed by atoms with Gasteiger partial charge in [-0.2, -0.15) is 0 Å². The molecular formula is C24H35NO2. The summed E-state index contributed by atoms with van der Waals surface area (Å²) in [4.78, 5) is 4.52. The van der Waals surface area contributed by atoms with Crippen molar-refractivity contribution in [3.63, 3.8) is 0 Å². The van der Waals surface area contributed by atoms with Crippen molar-refractivity contribution in [2.75, 3.05) is 0 Å². The molecule has 0 bridgehead atoms. The van der Waals surface area contributed by atoms with Gasteiger partial charge < -0.3 is 10.2 Å². The fourth-order valence-electron chi connectivity index (χ4n) is 2.91. The van der Waals surface area contributed by atoms with Gasteiger partial charge in [-0.1, -0.05) is 48.5 Å². The number of aryl methyl sites for hydroxylation is 1. The Morgan fingerprint density at radius 2 is 1.89 bits per heavy atom. The second-order valence-electron chi connectivity index (χ2n) is 7.46. The molecule has 3 nitrogen and oxygen atoms in total. The summed E-state index contributed by atoms with van der Waals surface area (Å²) in [6, 6.07) is 1.70. The normalized spacial score (nSPS) is 16.1. The highest BCUT2D eigenvalue weighted by molar-refractivity contribution is 5.37. The van der Waals surface area contributed by atoms with Crippen molar-refractivity contribution in [2.24, 2.45) is 5.92 Å². The molecule has 0 aliphatic rings. The highest BCUT2D eigenvalue weighted by Gasteiger charge is 2.12. The molecule has 148 valence electrons. The number of aromatic hydroxyl groups is 1. The van der Waals surface area contributed by atoms with Crippen LogP contribution < -0.4 is 0 Å². The van der Waals surface area contributed by atoms with Crippen LogP contribution in [-0.2, 0) is 6.42 Å². The van der Waals surface area contributed by atoms with Gasteiger partial charge in [0.05, 0.1) is 11.8 Å². The van der Waals surface area contributed by atoms with Gasteiger partial charge in [0.15, 0.2) is 0 Å². The Bertz CT molecular complexity index is 754. The second-order valence-corrected chi connectivity index (χ2v) is 7.46. The Labute approximate surface area is 164 Å². The lowest BCUT2D eigenvalue weighted by Crippen LogP contribution is -2.17. The highest BCUT2D eigenvalue weighted by atomic mass is 16.3. The summed E-state index contributed by atoms with van der Waals surface area (Å²) in [5.74, 6) is 0.402. The van der Waals surface area contributed by atoms with Gasteiger partial charge >= 0.3 is 0 Å². The van der Waals surface area contributed by atoms with Gasteiger partial charge in [-0.05, 0) is 53.5 Å². The number of allylic oxidation sites excluding steroid dienone is 6. The Kier molecular flexibility index (Phi) is 9.23. The molecule has 1 aromatic heterocycles. The van der Waals surface area contributed by atoms with Crippen molar-refractivity contribution in [3.8, 4) is 5.75 Å². The summed E-state index contributed by atoms with van der Waals surface area (Å²) < 4.78 is 0. The number of nitrogens with zero attached hydrogens (tertiary/aromatic N) is 1. The van der Waals surface area contributed by atoms with Gasteiger partial charge in [-0.3, -0.25) is 4.98 Å². The quantitative estimate of drug-likeness (QED) is 0.453. The van der Waals surface area contributed by atoms with Crippen molar-refractivity contribution >= 4 is 0 Å². The fraction of sp³-hybridized carbons (Fsp3) is 0.458. The molecule has 0 fully saturated rings. The summed E-state index contributed by atoms with van der Waals surface area (Å²) in [7, 11) is 0. The van der Waals surface area contributed by atoms with Gasteiger partial charge in [0, 0.05) is 29.7 Å². The minimum absolute atomic E-state index is 0.0885. The zero-order valence-electron chi connectivity index (χ0n) is 17.9. The monoisotopic (exact) mass is 369 g/mol. The van der Waals surface area contributed by atoms with Crippen LogP contribution in [0.3, 0.4) is 0 Å². The Balaban J connectivity index is 2.66. The van der Waals surface area contributed by atoms with Gasteiger partial charge in [0.25, 0.3) is 0 Å². The van der Waals surface area contributed by atoms with E-state index < -0.39 is 6.10 Å². The minimum Gasteiger partial charge on any atom is -0.508 e. The van der Waals surface area contributed by atoms with Crippen LogP contribution in [0, 0.1) is 19.8 Å². The first kappa shape index (κ1) is 22.9. The summed E-state index contributed by atoms with van der Waals surface area (Å²) in [5.41, 5.74) is 6.03. The van der Waals surface area contributed by atoms with Crippen LogP contribution in [0.1, 0.15) is 58.0 Å². The molecule has 2 N–H and O–H groups in total. The van der Waals surface area contributed by atoms with E-state index in [1.165, 1.54) is 5.57 Å². The molecule has 0 aliphatic carbocycles. The molecule has 1 aromatic rings. The van der Waals surface area contributed by atoms with Crippen LogP contribution in [0.25, 0.3) is 0 Å². The maximum Gasteiger partial charge on any atom is 0.122 e. The van der Waals surface area contributed by atoms with E-state index in [9.17, 15) is 10.2 Å². The third-order valence-corrected chi connectivity index (χ3v) is 4.88. The molecule has 0 spiro atoms. The second kappa shape index (κ2) is 10.9. The number of aromatic nitrogens is 1. The molecule has 0 unspecified atom stereocenters. The summed E-state index contributed by atoms with van der Waals surface area (Å²) in [5, 5.41) is 20.1. The zero-order valence-corrected chi connectivity index (χ0v) is 17.9. The smallest absolute Gasteiger partial charge is 0.122 e. The molecular weight excluding hydrogens is 334 g/mol. The summed E-state index contributed by atoms with van der Waals surface area (Å²) >= 11 is 0. The highest BCUT2D eigenvalue weighted by Crippen LogP contribution is 2.21. The van der Waals surface area contributed by atoms with E-state index >= 15 is 0 Å². The standard InChI is InChI=1S/C24H35NO2/c1-8-18(4)24(27)19(5)14-17(3)11-9-10-16(2)12-13-22-21(7)23(26)15-20(6)25-22/h8-9,11-12,14-15,19,24,27H,10,13H2,1-7H3,(H,25,26)/b11-9+,16-12+,17-14+,18-8+/t19-,24+/m1/s1. The van der Waals surface area contributed by atoms with E-state index in [0.717, 1.165) is 40.9 Å². The maximum absolute atomic E-state index is 10.2. The first-order valence-electron chi connectivity index (χ1n) is 9.63. The van der Waals surface area contributed by atoms with Crippen molar-refractivity contribution in [3.05, 3.63) is 70.1 Å². The maximum atomic E-state index is 10.2. The molecule has 0 saturated carbocycles. The average Bonchev–Trinajstić information content (AvgIpc) is 2.61. The minimum atomic E-state index is -0.429. The van der Waals surface area contributed by atoms with Crippen molar-refractivity contribution in [2.45, 2.75) is 67.4 Å². The fourth-order valence-corrected chi connectivity index (χ4v) is 2.91. The van der Waals surface area contributed by atoms with E-state index in [0.29, 0.717) is 5.75 Å². The van der Waals surface area contributed by atoms with Gasteiger partial charge in [-0.15, -0.1) is 0 Å². The number of hydrogen-bond acceptors (Lipinski definition) is 3. The van der Waals surface area contributed by atoms with Crippen LogP contribution in [0.15, 0.2) is 53.2 Å². The van der Waals surface area contributed by atoms with Crippen molar-refractivity contribution in [1.82, 2.24) is 4.98 Å². The van der Waals surface area contributed by atoms with E-state index in [1.54, 1.807) is 6.07 Å². The Morgan fingerprint density at radius 1 is 1.22 bits per heavy atom. The topological polar surface area (TPSA) is 53.4 Å². The lowest BCUT2D eigenvalue weighted by atomic mass is 9.96. The number of aliphatic hydroxyl groups is 1. The molecule has 0 aromatic carbocycles. The Hall–Kier alpha value is -2.13. The Morgan fingerprint density at radius 3 is 2.52 bits per heavy atom. The molecule has 2 atom stereocenters. The van der Waals surface area contributed by atoms with Gasteiger partial charge in [0.2, 0.25) is 0 Å². The lowest BCUT2D eigenvalue weighted by molar-refractivity contribution is 0.173. The van der Waals surface area contributed by atoms with Gasteiger partial charge in [0.1, 0.15) is 5.75 Å². The first-order valence-corrected chi connectivity index (χ1v) is 9.63. The lowest BCUT2D eigenvalue weighted by Gasteiger charge is -2.16. The van der Waals surface area contributed by atoms with Gasteiger partial charge in [-0.25, -0.2) is 0 Å². The number of pyridine rings is 1. The summed E-state index contributed by atoms with van der Waals surface area (Å²) in [6.07, 6.45) is 11.6. The number of hydrogen-bond donors (Lipinski definition) is 2. The van der Waals surface area contributed by atoms with E-state index in [1.807, 2.05) is 40.7 Å². The number of rotatable bonds is 8. The largest absolute Gasteiger partial charge is 0.508 e. The van der Waals surface area contributed by atoms with Crippen LogP contribution in [0.4, 0.5) is 0 Å². The average molecular weight is 370 g/mol. The molecule has 0 aliphatic heterocycles. The van der Waals surface area contributed by atoms with E-state index in [-0.39, 0.29) is 5.92 Å². The number of aliphatic hydroxyl groups excluding tert-OH is 1. The van der Waals surface area contributed by atoms with Crippen LogP contribution in [-0.4, -0.2) is 21.3 Å². The molecule has 0 radical (unpaired) electrons. The molecule has 0 saturated heterocycles. The molecule has 27 heavy (non-hydrogen) atoms. The SMILES string of the molecule is C/C=C(\C)[C@H](O)[C@H](C)/C=C(C)/C=C/C/C(C)=C/Cc1nc(C)cc(O)c1C.